The van der Waals surface area contributed by atoms with E-state index in [0.29, 0.717) is 0 Å². The van der Waals surface area contributed by atoms with Gasteiger partial charge in [-0.25, -0.2) is 0 Å². The number of hydrogen-bond donors (Lipinski definition) is 1. The van der Waals surface area contributed by atoms with Crippen LogP contribution in [0.1, 0.15) is 29.8 Å². The first kappa shape index (κ1) is 11.2. The maximum absolute atomic E-state index is 11.6. The zero-order valence-electron chi connectivity index (χ0n) is 8.38. The zero-order valence-corrected chi connectivity index (χ0v) is 9.97. The molecule has 0 fully saturated rings. The Labute approximate surface area is 92.6 Å². The van der Waals surface area contributed by atoms with Gasteiger partial charge < -0.3 is 5.73 Å². The van der Waals surface area contributed by atoms with E-state index in [1.165, 1.54) is 0 Å². The van der Waals surface area contributed by atoms with Crippen molar-refractivity contribution >= 4 is 27.4 Å². The number of carbonyl (C=O) groups excluding carboxylic acids is 1. The maximum atomic E-state index is 11.6. The predicted molar refractivity (Wildman–Crippen MR) is 63.0 cm³/mol. The summed E-state index contributed by atoms with van der Waals surface area (Å²) in [5, 5.41) is 0. The van der Waals surface area contributed by atoms with Gasteiger partial charge in [-0.15, -0.1) is 0 Å². The lowest BCUT2D eigenvalue weighted by molar-refractivity contribution is 0.0996. The minimum atomic E-state index is -0.143. The number of rotatable bonds is 3. The van der Waals surface area contributed by atoms with Crippen molar-refractivity contribution in [2.75, 3.05) is 5.73 Å². The monoisotopic (exact) mass is 255 g/mol. The zero-order chi connectivity index (χ0) is 10.7. The maximum Gasteiger partial charge on any atom is 0.176 e. The van der Waals surface area contributed by atoms with Crippen LogP contribution in [-0.2, 0) is 6.42 Å². The Morgan fingerprint density at radius 1 is 1.57 bits per heavy atom. The van der Waals surface area contributed by atoms with E-state index in [-0.39, 0.29) is 10.6 Å². The molecular formula is C11H14BrNO. The minimum absolute atomic E-state index is 0.0969. The molecule has 0 saturated carbocycles. The van der Waals surface area contributed by atoms with Crippen LogP contribution < -0.4 is 5.73 Å². The smallest absolute Gasteiger partial charge is 0.176 e. The number of nitrogens with two attached hydrogens (primary N) is 1. The molecule has 1 atom stereocenters. The summed E-state index contributed by atoms with van der Waals surface area (Å²) in [6.07, 6.45) is 0.851. The summed E-state index contributed by atoms with van der Waals surface area (Å²) in [5.41, 5.74) is 8.26. The highest BCUT2D eigenvalue weighted by atomic mass is 79.9. The molecule has 0 saturated heterocycles. The Bertz CT molecular complexity index is 347. The van der Waals surface area contributed by atoms with Crippen LogP contribution in [0, 0.1) is 0 Å². The minimum Gasteiger partial charge on any atom is -0.399 e. The summed E-state index contributed by atoms with van der Waals surface area (Å²) in [6, 6.07) is 5.44. The van der Waals surface area contributed by atoms with E-state index in [0.717, 1.165) is 23.2 Å². The summed E-state index contributed by atoms with van der Waals surface area (Å²) in [5.74, 6) is 0.0969. The molecule has 76 valence electrons. The number of nitrogen functional groups attached to an aromatic ring is 1. The number of anilines is 1. The molecule has 3 heteroatoms. The molecule has 0 bridgehead atoms. The lowest BCUT2D eigenvalue weighted by atomic mass is 10.0. The Morgan fingerprint density at radius 3 is 2.71 bits per heavy atom. The van der Waals surface area contributed by atoms with E-state index >= 15 is 0 Å². The first-order valence-corrected chi connectivity index (χ1v) is 5.54. The Balaban J connectivity index is 3.06. The molecule has 2 nitrogen and oxygen atoms in total. The molecule has 1 aromatic rings. The third kappa shape index (κ3) is 2.35. The van der Waals surface area contributed by atoms with Gasteiger partial charge in [-0.1, -0.05) is 22.9 Å². The van der Waals surface area contributed by atoms with Crippen LogP contribution >= 0.6 is 15.9 Å². The van der Waals surface area contributed by atoms with Crippen LogP contribution in [0.25, 0.3) is 0 Å². The Hall–Kier alpha value is -0.830. The highest BCUT2D eigenvalue weighted by Crippen LogP contribution is 2.17. The van der Waals surface area contributed by atoms with Gasteiger partial charge in [0.1, 0.15) is 0 Å². The van der Waals surface area contributed by atoms with Crippen LogP contribution in [0.15, 0.2) is 18.2 Å². The average Bonchev–Trinajstić information content (AvgIpc) is 2.17. The van der Waals surface area contributed by atoms with E-state index < -0.39 is 0 Å². The quantitative estimate of drug-likeness (QED) is 0.513. The van der Waals surface area contributed by atoms with Crippen LogP contribution in [0.2, 0.25) is 0 Å². The fourth-order valence-electron chi connectivity index (χ4n) is 1.29. The molecule has 1 aromatic carbocycles. The molecule has 0 aromatic heterocycles. The standard InChI is InChI=1S/C11H14BrNO/c1-3-8-6-9(4-5-10(8)13)11(14)7(2)12/h4-7H,3,13H2,1-2H3. The molecule has 0 aliphatic rings. The molecule has 2 N–H and O–H groups in total. The van der Waals surface area contributed by atoms with Crippen molar-refractivity contribution in [2.24, 2.45) is 0 Å². The lowest BCUT2D eigenvalue weighted by Crippen LogP contribution is -2.10. The van der Waals surface area contributed by atoms with Crippen molar-refractivity contribution in [1.29, 1.82) is 0 Å². The van der Waals surface area contributed by atoms with E-state index in [4.69, 9.17) is 5.73 Å². The first-order chi connectivity index (χ1) is 6.56. The molecule has 0 radical (unpaired) electrons. The Morgan fingerprint density at radius 2 is 2.21 bits per heavy atom. The fraction of sp³-hybridized carbons (Fsp3) is 0.364. The van der Waals surface area contributed by atoms with Gasteiger partial charge in [0.2, 0.25) is 0 Å². The van der Waals surface area contributed by atoms with E-state index in [9.17, 15) is 4.79 Å². The average molecular weight is 256 g/mol. The largest absolute Gasteiger partial charge is 0.399 e. The van der Waals surface area contributed by atoms with Gasteiger partial charge in [0.25, 0.3) is 0 Å². The van der Waals surface area contributed by atoms with Gasteiger partial charge in [-0.2, -0.15) is 0 Å². The molecule has 0 spiro atoms. The number of carbonyl (C=O) groups is 1. The third-order valence-corrected chi connectivity index (χ3v) is 2.59. The van der Waals surface area contributed by atoms with E-state index in [1.54, 1.807) is 12.1 Å². The van der Waals surface area contributed by atoms with Crippen molar-refractivity contribution in [3.63, 3.8) is 0 Å². The summed E-state index contributed by atoms with van der Waals surface area (Å²) < 4.78 is 0. The second-order valence-corrected chi connectivity index (χ2v) is 4.62. The number of alkyl halides is 1. The van der Waals surface area contributed by atoms with E-state index in [1.807, 2.05) is 19.9 Å². The SMILES string of the molecule is CCc1cc(C(=O)C(C)Br)ccc1N. The number of halogens is 1. The van der Waals surface area contributed by atoms with Gasteiger partial charge in [-0.05, 0) is 37.1 Å². The van der Waals surface area contributed by atoms with Crippen molar-refractivity contribution in [3.8, 4) is 0 Å². The van der Waals surface area contributed by atoms with Crippen molar-refractivity contribution in [1.82, 2.24) is 0 Å². The molecule has 1 rings (SSSR count). The van der Waals surface area contributed by atoms with Crippen LogP contribution in [-0.4, -0.2) is 10.6 Å². The molecule has 14 heavy (non-hydrogen) atoms. The summed E-state index contributed by atoms with van der Waals surface area (Å²) in [6.45, 7) is 3.85. The number of ketones is 1. The topological polar surface area (TPSA) is 43.1 Å². The number of aryl methyl sites for hydroxylation is 1. The lowest BCUT2D eigenvalue weighted by Gasteiger charge is -2.07. The number of Topliss-reactive ketones (excluding diaryl/α,β-unsaturated/α-hetero) is 1. The second-order valence-electron chi connectivity index (χ2n) is 3.25. The Kier molecular flexibility index (Phi) is 3.69. The fourth-order valence-corrected chi connectivity index (χ4v) is 1.56. The van der Waals surface area contributed by atoms with E-state index in [2.05, 4.69) is 15.9 Å². The first-order valence-electron chi connectivity index (χ1n) is 4.63. The molecule has 1 unspecified atom stereocenters. The molecule has 0 aliphatic heterocycles. The van der Waals surface area contributed by atoms with Crippen molar-refractivity contribution in [2.45, 2.75) is 25.1 Å². The predicted octanol–water partition coefficient (Wildman–Crippen LogP) is 2.80. The van der Waals surface area contributed by atoms with Gasteiger partial charge >= 0.3 is 0 Å². The molecule has 0 amide bonds. The molecular weight excluding hydrogens is 242 g/mol. The normalized spacial score (nSPS) is 12.5. The summed E-state index contributed by atoms with van der Waals surface area (Å²) >= 11 is 3.26. The number of benzene rings is 1. The summed E-state index contributed by atoms with van der Waals surface area (Å²) in [4.78, 5) is 11.5. The molecule has 0 heterocycles. The van der Waals surface area contributed by atoms with Crippen molar-refractivity contribution < 1.29 is 4.79 Å². The van der Waals surface area contributed by atoms with Gasteiger partial charge in [0.05, 0.1) is 4.83 Å². The van der Waals surface area contributed by atoms with Gasteiger partial charge in [0.15, 0.2) is 5.78 Å². The second kappa shape index (κ2) is 4.60. The van der Waals surface area contributed by atoms with Crippen LogP contribution in [0.4, 0.5) is 5.69 Å². The number of hydrogen-bond acceptors (Lipinski definition) is 2. The highest BCUT2D eigenvalue weighted by Gasteiger charge is 2.12. The molecule has 0 aliphatic carbocycles. The van der Waals surface area contributed by atoms with Gasteiger partial charge in [0, 0.05) is 11.3 Å². The van der Waals surface area contributed by atoms with Crippen LogP contribution in [0.3, 0.4) is 0 Å². The van der Waals surface area contributed by atoms with Gasteiger partial charge in [-0.3, -0.25) is 4.79 Å². The third-order valence-electron chi connectivity index (χ3n) is 2.17. The van der Waals surface area contributed by atoms with Crippen molar-refractivity contribution in [3.05, 3.63) is 29.3 Å². The summed E-state index contributed by atoms with van der Waals surface area (Å²) in [7, 11) is 0. The van der Waals surface area contributed by atoms with Crippen LogP contribution in [0.5, 0.6) is 0 Å². The highest BCUT2D eigenvalue weighted by molar-refractivity contribution is 9.10.